The molecule has 0 unspecified atom stereocenters. The van der Waals surface area contributed by atoms with Crippen molar-refractivity contribution in [3.8, 4) is 5.75 Å². The zero-order valence-electron chi connectivity index (χ0n) is 15.8. The van der Waals surface area contributed by atoms with E-state index in [9.17, 15) is 12.8 Å². The number of anilines is 3. The van der Waals surface area contributed by atoms with E-state index in [0.29, 0.717) is 22.5 Å². The van der Waals surface area contributed by atoms with Crippen LogP contribution in [-0.4, -0.2) is 25.5 Å². The Morgan fingerprint density at radius 1 is 0.833 bits per heavy atom. The van der Waals surface area contributed by atoms with Crippen molar-refractivity contribution < 1.29 is 17.5 Å². The topological polar surface area (TPSA) is 93.2 Å². The summed E-state index contributed by atoms with van der Waals surface area (Å²) >= 11 is 0. The average Bonchev–Trinajstić information content (AvgIpc) is 2.75. The van der Waals surface area contributed by atoms with Gasteiger partial charge in [0.2, 0.25) is 0 Å². The second-order valence-electron chi connectivity index (χ2n) is 6.32. The molecule has 0 bridgehead atoms. The van der Waals surface area contributed by atoms with Crippen LogP contribution in [-0.2, 0) is 10.0 Å². The lowest BCUT2D eigenvalue weighted by Gasteiger charge is -2.14. The molecule has 4 rings (SSSR count). The SMILES string of the molecule is COc1ccc(Nc2nc3ccccc3nc2NS(=O)(=O)c2ccc(F)cc2)cc1. The van der Waals surface area contributed by atoms with Crippen molar-refractivity contribution in [1.82, 2.24) is 9.97 Å². The van der Waals surface area contributed by atoms with Gasteiger partial charge in [-0.15, -0.1) is 0 Å². The lowest BCUT2D eigenvalue weighted by atomic mass is 10.3. The van der Waals surface area contributed by atoms with Crippen LogP contribution in [0.2, 0.25) is 0 Å². The van der Waals surface area contributed by atoms with Gasteiger partial charge in [0, 0.05) is 5.69 Å². The van der Waals surface area contributed by atoms with E-state index in [1.807, 2.05) is 6.07 Å². The zero-order valence-corrected chi connectivity index (χ0v) is 16.7. The molecule has 1 aromatic heterocycles. The fourth-order valence-corrected chi connectivity index (χ4v) is 3.78. The number of hydrogen-bond acceptors (Lipinski definition) is 6. The third-order valence-corrected chi connectivity index (χ3v) is 5.63. The van der Waals surface area contributed by atoms with E-state index in [4.69, 9.17) is 4.74 Å². The molecule has 0 fully saturated rings. The lowest BCUT2D eigenvalue weighted by molar-refractivity contribution is 0.415. The van der Waals surface area contributed by atoms with Crippen molar-refractivity contribution in [1.29, 1.82) is 0 Å². The predicted octanol–water partition coefficient (Wildman–Crippen LogP) is 4.32. The van der Waals surface area contributed by atoms with Crippen LogP contribution in [0, 0.1) is 5.82 Å². The Morgan fingerprint density at radius 2 is 1.43 bits per heavy atom. The average molecular weight is 424 g/mol. The fourth-order valence-electron chi connectivity index (χ4n) is 2.77. The minimum absolute atomic E-state index is 0.0221. The Bertz CT molecular complexity index is 1290. The predicted molar refractivity (Wildman–Crippen MR) is 113 cm³/mol. The molecule has 0 spiro atoms. The molecule has 152 valence electrons. The summed E-state index contributed by atoms with van der Waals surface area (Å²) in [6.45, 7) is 0. The Hall–Kier alpha value is -3.72. The first-order chi connectivity index (χ1) is 14.4. The number of para-hydroxylation sites is 2. The molecule has 0 saturated carbocycles. The van der Waals surface area contributed by atoms with E-state index >= 15 is 0 Å². The first-order valence-electron chi connectivity index (χ1n) is 8.91. The first kappa shape index (κ1) is 19.6. The fraction of sp³-hybridized carbons (Fsp3) is 0.0476. The number of fused-ring (bicyclic) bond motifs is 1. The third kappa shape index (κ3) is 4.15. The molecule has 7 nitrogen and oxygen atoms in total. The van der Waals surface area contributed by atoms with Gasteiger partial charge in [-0.1, -0.05) is 12.1 Å². The molecule has 0 aliphatic heterocycles. The van der Waals surface area contributed by atoms with E-state index in [2.05, 4.69) is 20.0 Å². The monoisotopic (exact) mass is 424 g/mol. The van der Waals surface area contributed by atoms with Crippen LogP contribution >= 0.6 is 0 Å². The number of halogens is 1. The number of sulfonamides is 1. The quantitative estimate of drug-likeness (QED) is 0.479. The highest BCUT2D eigenvalue weighted by Crippen LogP contribution is 2.28. The van der Waals surface area contributed by atoms with Gasteiger partial charge in [-0.2, -0.15) is 0 Å². The summed E-state index contributed by atoms with van der Waals surface area (Å²) in [5.41, 5.74) is 1.79. The number of ether oxygens (including phenoxy) is 1. The summed E-state index contributed by atoms with van der Waals surface area (Å²) in [5.74, 6) is 0.405. The van der Waals surface area contributed by atoms with Crippen LogP contribution in [0.5, 0.6) is 5.75 Å². The summed E-state index contributed by atoms with van der Waals surface area (Å²) in [6, 6.07) is 18.7. The molecule has 0 radical (unpaired) electrons. The maximum Gasteiger partial charge on any atom is 0.263 e. The Morgan fingerprint density at radius 3 is 2.03 bits per heavy atom. The smallest absolute Gasteiger partial charge is 0.263 e. The first-order valence-corrected chi connectivity index (χ1v) is 10.4. The molecule has 0 atom stereocenters. The van der Waals surface area contributed by atoms with Crippen molar-refractivity contribution >= 4 is 38.4 Å². The number of rotatable bonds is 6. The van der Waals surface area contributed by atoms with Crippen molar-refractivity contribution in [3.63, 3.8) is 0 Å². The number of nitrogens with one attached hydrogen (secondary N) is 2. The molecule has 0 aliphatic rings. The standard InChI is InChI=1S/C21H17FN4O3S/c1-29-16-10-8-15(9-11-16)23-20-21(25-19-5-3-2-4-18(19)24-20)26-30(27,28)17-12-6-14(22)7-13-17/h2-13H,1H3,(H,23,24)(H,25,26). The largest absolute Gasteiger partial charge is 0.497 e. The molecule has 30 heavy (non-hydrogen) atoms. The molecule has 0 saturated heterocycles. The van der Waals surface area contributed by atoms with Crippen LogP contribution in [0.25, 0.3) is 11.0 Å². The van der Waals surface area contributed by atoms with E-state index in [0.717, 1.165) is 12.1 Å². The summed E-state index contributed by atoms with van der Waals surface area (Å²) in [6.07, 6.45) is 0. The Labute approximate surface area is 172 Å². The molecule has 2 N–H and O–H groups in total. The van der Waals surface area contributed by atoms with Gasteiger partial charge in [0.15, 0.2) is 11.6 Å². The maximum absolute atomic E-state index is 13.2. The summed E-state index contributed by atoms with van der Waals surface area (Å²) in [4.78, 5) is 8.84. The van der Waals surface area contributed by atoms with Crippen LogP contribution in [0.3, 0.4) is 0 Å². The molecular weight excluding hydrogens is 407 g/mol. The van der Waals surface area contributed by atoms with Crippen LogP contribution in [0.4, 0.5) is 21.7 Å². The number of nitrogens with zero attached hydrogens (tertiary/aromatic N) is 2. The summed E-state index contributed by atoms with van der Waals surface area (Å²) in [5, 5.41) is 3.08. The van der Waals surface area contributed by atoms with Gasteiger partial charge in [-0.05, 0) is 60.7 Å². The number of hydrogen-bond donors (Lipinski definition) is 2. The zero-order chi connectivity index (χ0) is 21.1. The highest BCUT2D eigenvalue weighted by Gasteiger charge is 2.19. The minimum Gasteiger partial charge on any atom is -0.497 e. The molecular formula is C21H17FN4O3S. The normalized spacial score (nSPS) is 11.3. The third-order valence-electron chi connectivity index (χ3n) is 4.28. The summed E-state index contributed by atoms with van der Waals surface area (Å²) < 4.78 is 46.4. The lowest BCUT2D eigenvalue weighted by Crippen LogP contribution is -2.16. The van der Waals surface area contributed by atoms with Gasteiger partial charge >= 0.3 is 0 Å². The molecule has 1 heterocycles. The van der Waals surface area contributed by atoms with E-state index in [-0.39, 0.29) is 16.5 Å². The van der Waals surface area contributed by atoms with Crippen molar-refractivity contribution in [3.05, 3.63) is 78.6 Å². The maximum atomic E-state index is 13.2. The molecule has 3 aromatic carbocycles. The van der Waals surface area contributed by atoms with Gasteiger partial charge in [-0.25, -0.2) is 22.8 Å². The van der Waals surface area contributed by atoms with Gasteiger partial charge in [0.05, 0.1) is 23.0 Å². The second-order valence-corrected chi connectivity index (χ2v) is 8.00. The molecule has 0 amide bonds. The van der Waals surface area contributed by atoms with E-state index in [1.54, 1.807) is 49.6 Å². The van der Waals surface area contributed by atoms with Gasteiger partial charge in [0.1, 0.15) is 11.6 Å². The van der Waals surface area contributed by atoms with E-state index < -0.39 is 15.8 Å². The van der Waals surface area contributed by atoms with Gasteiger partial charge in [-0.3, -0.25) is 4.72 Å². The van der Waals surface area contributed by atoms with Crippen molar-refractivity contribution in [2.24, 2.45) is 0 Å². The highest BCUT2D eigenvalue weighted by molar-refractivity contribution is 7.92. The van der Waals surface area contributed by atoms with Crippen molar-refractivity contribution in [2.75, 3.05) is 17.1 Å². The minimum atomic E-state index is -4.00. The van der Waals surface area contributed by atoms with Gasteiger partial charge < -0.3 is 10.1 Å². The van der Waals surface area contributed by atoms with Gasteiger partial charge in [0.25, 0.3) is 10.0 Å². The van der Waals surface area contributed by atoms with Crippen LogP contribution in [0.1, 0.15) is 0 Å². The highest BCUT2D eigenvalue weighted by atomic mass is 32.2. The number of aromatic nitrogens is 2. The summed E-state index contributed by atoms with van der Waals surface area (Å²) in [7, 11) is -2.43. The number of methoxy groups -OCH3 is 1. The molecule has 9 heteroatoms. The van der Waals surface area contributed by atoms with Crippen LogP contribution in [0.15, 0.2) is 77.7 Å². The Kier molecular flexibility index (Phi) is 5.20. The van der Waals surface area contributed by atoms with Crippen LogP contribution < -0.4 is 14.8 Å². The van der Waals surface area contributed by atoms with Crippen molar-refractivity contribution in [2.45, 2.75) is 4.90 Å². The second kappa shape index (κ2) is 7.96. The van der Waals surface area contributed by atoms with E-state index in [1.165, 1.54) is 12.1 Å². The molecule has 0 aliphatic carbocycles. The molecule has 4 aromatic rings. The number of benzene rings is 3. The Balaban J connectivity index is 1.74.